The molecule has 0 aliphatic heterocycles. The minimum Gasteiger partial charge on any atom is -0.433 e. The quantitative estimate of drug-likeness (QED) is 0.771. The number of ether oxygens (including phenoxy) is 1. The zero-order valence-corrected chi connectivity index (χ0v) is 7.78. The predicted octanol–water partition coefficient (Wildman–Crippen LogP) is 3.02. The molecule has 0 saturated heterocycles. The largest absolute Gasteiger partial charge is 0.433 e. The maximum atomic E-state index is 12.0. The Bertz CT molecular complexity index is 485. The molecule has 0 spiro atoms. The number of benzene rings is 2. The van der Waals surface area contributed by atoms with E-state index in [1.165, 1.54) is 6.07 Å². The van der Waals surface area contributed by atoms with E-state index in [1.807, 2.05) is 24.3 Å². The van der Waals surface area contributed by atoms with Crippen molar-refractivity contribution in [1.82, 2.24) is 0 Å². The SMILES string of the molecule is Nc1cc2ccccc2cc1OC(F)F. The van der Waals surface area contributed by atoms with Crippen molar-refractivity contribution in [3.05, 3.63) is 36.4 Å². The van der Waals surface area contributed by atoms with Gasteiger partial charge in [0.25, 0.3) is 0 Å². The Balaban J connectivity index is 2.52. The van der Waals surface area contributed by atoms with Crippen molar-refractivity contribution >= 4 is 16.5 Å². The van der Waals surface area contributed by atoms with Gasteiger partial charge in [-0.15, -0.1) is 0 Å². The van der Waals surface area contributed by atoms with E-state index < -0.39 is 6.61 Å². The zero-order chi connectivity index (χ0) is 10.8. The van der Waals surface area contributed by atoms with Gasteiger partial charge in [-0.1, -0.05) is 24.3 Å². The van der Waals surface area contributed by atoms with Gasteiger partial charge in [-0.2, -0.15) is 8.78 Å². The van der Waals surface area contributed by atoms with Gasteiger partial charge in [0, 0.05) is 0 Å². The molecule has 0 heterocycles. The second-order valence-electron chi connectivity index (χ2n) is 3.12. The molecule has 0 aliphatic rings. The van der Waals surface area contributed by atoms with E-state index in [2.05, 4.69) is 4.74 Å². The van der Waals surface area contributed by atoms with E-state index >= 15 is 0 Å². The molecule has 0 bridgehead atoms. The average Bonchev–Trinajstić information content (AvgIpc) is 2.18. The van der Waals surface area contributed by atoms with Crippen LogP contribution in [0.3, 0.4) is 0 Å². The highest BCUT2D eigenvalue weighted by Crippen LogP contribution is 2.28. The molecule has 2 aromatic rings. The molecule has 2 nitrogen and oxygen atoms in total. The third-order valence-corrected chi connectivity index (χ3v) is 2.09. The number of halogens is 2. The fraction of sp³-hybridized carbons (Fsp3) is 0.0909. The molecule has 0 fully saturated rings. The Morgan fingerprint density at radius 2 is 1.67 bits per heavy atom. The van der Waals surface area contributed by atoms with Crippen LogP contribution in [-0.2, 0) is 0 Å². The Labute approximate surface area is 85.3 Å². The van der Waals surface area contributed by atoms with Crippen LogP contribution < -0.4 is 10.5 Å². The summed E-state index contributed by atoms with van der Waals surface area (Å²) in [5.41, 5.74) is 5.79. The number of rotatable bonds is 2. The van der Waals surface area contributed by atoms with Crippen LogP contribution >= 0.6 is 0 Å². The standard InChI is InChI=1S/C11H9F2NO/c12-11(13)15-10-6-8-4-2-1-3-7(8)5-9(10)14/h1-6,11H,14H2. The van der Waals surface area contributed by atoms with Gasteiger partial charge in [0.1, 0.15) is 5.75 Å². The summed E-state index contributed by atoms with van der Waals surface area (Å²) in [5, 5.41) is 1.72. The Morgan fingerprint density at radius 3 is 2.27 bits per heavy atom. The maximum Gasteiger partial charge on any atom is 0.387 e. The lowest BCUT2D eigenvalue weighted by Gasteiger charge is -2.08. The topological polar surface area (TPSA) is 35.2 Å². The number of anilines is 1. The van der Waals surface area contributed by atoms with Gasteiger partial charge in [0.2, 0.25) is 0 Å². The highest BCUT2D eigenvalue weighted by molar-refractivity contribution is 5.88. The molecular weight excluding hydrogens is 200 g/mol. The van der Waals surface area contributed by atoms with Gasteiger partial charge >= 0.3 is 6.61 Å². The molecule has 0 aliphatic carbocycles. The van der Waals surface area contributed by atoms with Crippen LogP contribution in [0.4, 0.5) is 14.5 Å². The summed E-state index contributed by atoms with van der Waals surface area (Å²) in [6.07, 6.45) is 0. The minimum absolute atomic E-state index is 0.0173. The molecule has 2 aromatic carbocycles. The summed E-state index contributed by atoms with van der Waals surface area (Å²) in [4.78, 5) is 0. The summed E-state index contributed by atoms with van der Waals surface area (Å²) >= 11 is 0. The van der Waals surface area contributed by atoms with Crippen LogP contribution in [0, 0.1) is 0 Å². The van der Waals surface area contributed by atoms with Crippen molar-refractivity contribution in [3.8, 4) is 5.75 Å². The van der Waals surface area contributed by atoms with Crippen molar-refractivity contribution in [3.63, 3.8) is 0 Å². The number of nitrogen functional groups attached to an aromatic ring is 1. The molecular formula is C11H9F2NO. The Kier molecular flexibility index (Phi) is 2.41. The molecule has 2 rings (SSSR count). The van der Waals surface area contributed by atoms with Gasteiger partial charge in [-0.25, -0.2) is 0 Å². The average molecular weight is 209 g/mol. The van der Waals surface area contributed by atoms with Crippen LogP contribution in [0.15, 0.2) is 36.4 Å². The predicted molar refractivity (Wildman–Crippen MR) is 55.0 cm³/mol. The fourth-order valence-electron chi connectivity index (χ4n) is 1.44. The molecule has 0 radical (unpaired) electrons. The second kappa shape index (κ2) is 3.73. The smallest absolute Gasteiger partial charge is 0.387 e. The normalized spacial score (nSPS) is 10.9. The lowest BCUT2D eigenvalue weighted by Crippen LogP contribution is -2.04. The first-order valence-corrected chi connectivity index (χ1v) is 4.40. The molecule has 78 valence electrons. The van der Waals surface area contributed by atoms with Gasteiger partial charge in [-0.3, -0.25) is 0 Å². The molecule has 0 amide bonds. The lowest BCUT2D eigenvalue weighted by molar-refractivity contribution is -0.0492. The molecule has 0 unspecified atom stereocenters. The van der Waals surface area contributed by atoms with E-state index in [-0.39, 0.29) is 11.4 Å². The minimum atomic E-state index is -2.85. The van der Waals surface area contributed by atoms with Crippen LogP contribution in [0.25, 0.3) is 10.8 Å². The first kappa shape index (κ1) is 9.71. The summed E-state index contributed by atoms with van der Waals surface area (Å²) in [6, 6.07) is 10.5. The number of fused-ring (bicyclic) bond motifs is 1. The van der Waals surface area contributed by atoms with Crippen molar-refractivity contribution < 1.29 is 13.5 Å². The van der Waals surface area contributed by atoms with Gasteiger partial charge in [0.05, 0.1) is 5.69 Å². The lowest BCUT2D eigenvalue weighted by atomic mass is 10.1. The summed E-state index contributed by atoms with van der Waals surface area (Å²) in [6.45, 7) is -2.85. The van der Waals surface area contributed by atoms with Crippen LogP contribution in [-0.4, -0.2) is 6.61 Å². The Hall–Kier alpha value is -1.84. The highest BCUT2D eigenvalue weighted by Gasteiger charge is 2.08. The number of alkyl halides is 2. The van der Waals surface area contributed by atoms with Crippen LogP contribution in [0.1, 0.15) is 0 Å². The number of hydrogen-bond acceptors (Lipinski definition) is 2. The first-order valence-electron chi connectivity index (χ1n) is 4.40. The molecule has 4 heteroatoms. The number of hydrogen-bond donors (Lipinski definition) is 1. The van der Waals surface area contributed by atoms with E-state index in [0.717, 1.165) is 10.8 Å². The van der Waals surface area contributed by atoms with Crippen molar-refractivity contribution in [2.24, 2.45) is 0 Å². The Morgan fingerprint density at radius 1 is 1.07 bits per heavy atom. The summed E-state index contributed by atoms with van der Waals surface area (Å²) < 4.78 is 28.3. The molecule has 0 aromatic heterocycles. The molecule has 0 atom stereocenters. The highest BCUT2D eigenvalue weighted by atomic mass is 19.3. The van der Waals surface area contributed by atoms with Gasteiger partial charge < -0.3 is 10.5 Å². The van der Waals surface area contributed by atoms with Crippen molar-refractivity contribution in [2.75, 3.05) is 5.73 Å². The number of nitrogens with two attached hydrogens (primary N) is 1. The summed E-state index contributed by atoms with van der Waals surface area (Å²) in [7, 11) is 0. The zero-order valence-electron chi connectivity index (χ0n) is 7.78. The van der Waals surface area contributed by atoms with E-state index in [4.69, 9.17) is 5.73 Å². The van der Waals surface area contributed by atoms with E-state index in [0.29, 0.717) is 0 Å². The van der Waals surface area contributed by atoms with Crippen molar-refractivity contribution in [2.45, 2.75) is 6.61 Å². The monoisotopic (exact) mass is 209 g/mol. The maximum absolute atomic E-state index is 12.0. The van der Waals surface area contributed by atoms with E-state index in [9.17, 15) is 8.78 Å². The third kappa shape index (κ3) is 1.98. The fourth-order valence-corrected chi connectivity index (χ4v) is 1.44. The van der Waals surface area contributed by atoms with Crippen molar-refractivity contribution in [1.29, 1.82) is 0 Å². The molecule has 0 saturated carbocycles. The van der Waals surface area contributed by atoms with Crippen LogP contribution in [0.2, 0.25) is 0 Å². The second-order valence-corrected chi connectivity index (χ2v) is 3.12. The van der Waals surface area contributed by atoms with Gasteiger partial charge in [-0.05, 0) is 22.9 Å². The summed E-state index contributed by atoms with van der Waals surface area (Å²) in [5.74, 6) is 0.0173. The molecule has 2 N–H and O–H groups in total. The molecule has 15 heavy (non-hydrogen) atoms. The van der Waals surface area contributed by atoms with Crippen LogP contribution in [0.5, 0.6) is 5.75 Å². The first-order chi connectivity index (χ1) is 7.16. The third-order valence-electron chi connectivity index (χ3n) is 2.09. The van der Waals surface area contributed by atoms with Gasteiger partial charge in [0.15, 0.2) is 0 Å². The van der Waals surface area contributed by atoms with E-state index in [1.54, 1.807) is 6.07 Å².